The van der Waals surface area contributed by atoms with Crippen LogP contribution < -0.4 is 9.47 Å². The molecule has 0 aromatic heterocycles. The summed E-state index contributed by atoms with van der Waals surface area (Å²) >= 11 is 33.2. The molecule has 4 aromatic carbocycles. The number of ether oxygens (including phenoxy) is 2. The molecule has 8 nitrogen and oxygen atoms in total. The minimum absolute atomic E-state index is 0.0123. The average Bonchev–Trinajstić information content (AvgIpc) is 3.89. The summed E-state index contributed by atoms with van der Waals surface area (Å²) in [5.74, 6) is -3.49. The van der Waals surface area contributed by atoms with Crippen molar-refractivity contribution >= 4 is 176 Å². The van der Waals surface area contributed by atoms with E-state index in [0.29, 0.717) is 9.81 Å². The topological polar surface area (TPSA) is 127 Å². The number of carboxylic acids is 2. The van der Waals surface area contributed by atoms with Crippen molar-refractivity contribution in [1.82, 2.24) is 0 Å². The molecule has 0 unspecified atom stereocenters. The van der Waals surface area contributed by atoms with E-state index in [1.807, 2.05) is 60.7 Å². The van der Waals surface area contributed by atoms with Gasteiger partial charge in [-0.2, -0.15) is 0 Å². The Morgan fingerprint density at radius 2 is 0.897 bits per heavy atom. The van der Waals surface area contributed by atoms with Crippen molar-refractivity contribution < 1.29 is 38.9 Å². The van der Waals surface area contributed by atoms with E-state index in [1.54, 1.807) is 0 Å². The Bertz CT molecular complexity index is 2310. The zero-order valence-corrected chi connectivity index (χ0v) is 39.7. The third-order valence-electron chi connectivity index (χ3n) is 7.58. The van der Waals surface area contributed by atoms with Gasteiger partial charge in [0.1, 0.15) is 21.5 Å². The number of halogens is 6. The fourth-order valence-corrected chi connectivity index (χ4v) is 14.4. The van der Waals surface area contributed by atoms with Crippen molar-refractivity contribution in [2.24, 2.45) is 0 Å². The highest BCUT2D eigenvalue weighted by atomic mass is 79.9. The Balaban J connectivity index is 1.44. The first kappa shape index (κ1) is 45.5. The Labute approximate surface area is 391 Å². The van der Waals surface area contributed by atoms with Gasteiger partial charge in [0.05, 0.1) is 19.9 Å². The lowest BCUT2D eigenvalue weighted by molar-refractivity contribution is -0.140. The Kier molecular flexibility index (Phi) is 16.2. The average molecular weight is 1100 g/mol. The van der Waals surface area contributed by atoms with E-state index in [0.717, 1.165) is 51.5 Å². The number of carboxylic acid groups (broad SMARTS) is 2. The summed E-state index contributed by atoms with van der Waals surface area (Å²) in [7, 11) is 7.71. The van der Waals surface area contributed by atoms with E-state index in [4.69, 9.17) is 66.1 Å². The van der Waals surface area contributed by atoms with Gasteiger partial charge in [-0.05, 0) is 93.4 Å². The lowest BCUT2D eigenvalue weighted by Gasteiger charge is -2.15. The van der Waals surface area contributed by atoms with Gasteiger partial charge in [-0.1, -0.05) is 146 Å². The van der Waals surface area contributed by atoms with E-state index in [9.17, 15) is 19.2 Å². The number of carbonyl (C=O) groups excluding carboxylic acids is 2. The summed E-state index contributed by atoms with van der Waals surface area (Å²) < 4.78 is 12.3. The van der Waals surface area contributed by atoms with Crippen molar-refractivity contribution in [2.45, 2.75) is 0 Å². The Morgan fingerprint density at radius 3 is 1.24 bits per heavy atom. The highest BCUT2D eigenvalue weighted by molar-refractivity contribution is 9.10. The van der Waals surface area contributed by atoms with Crippen LogP contribution >= 0.6 is 143 Å². The summed E-state index contributed by atoms with van der Waals surface area (Å²) in [5, 5.41) is 17.6. The summed E-state index contributed by atoms with van der Waals surface area (Å²) in [6.07, 6.45) is 3.76. The van der Waals surface area contributed by atoms with Crippen molar-refractivity contribution in [3.8, 4) is 11.5 Å². The Hall–Kier alpha value is -2.06. The largest absolute Gasteiger partial charge is 0.480 e. The fraction of sp³-hybridized carbons (Fsp3) is 0.0526. The molecule has 298 valence electrons. The normalized spacial score (nSPS) is 15.4. The summed E-state index contributed by atoms with van der Waals surface area (Å²) in [6.45, 7) is -1.34. The number of Topliss-reactive ketones (excluding diaryl/α,β-unsaturated/α-hetero) is 2. The number of carbonyl (C=O) groups is 4. The van der Waals surface area contributed by atoms with Crippen molar-refractivity contribution in [1.29, 1.82) is 0 Å². The molecule has 0 spiro atoms. The second kappa shape index (κ2) is 20.7. The van der Waals surface area contributed by atoms with Gasteiger partial charge in [-0.25, -0.2) is 9.59 Å². The second-order valence-electron chi connectivity index (χ2n) is 11.4. The van der Waals surface area contributed by atoms with Crippen molar-refractivity contribution in [2.75, 3.05) is 13.2 Å². The zero-order chi connectivity index (χ0) is 41.7. The van der Waals surface area contributed by atoms with Crippen molar-refractivity contribution in [3.63, 3.8) is 0 Å². The van der Waals surface area contributed by atoms with Crippen molar-refractivity contribution in [3.05, 3.63) is 156 Å². The monoisotopic (exact) mass is 1090 g/mol. The van der Waals surface area contributed by atoms with Crippen LogP contribution in [0.25, 0.3) is 9.81 Å². The van der Waals surface area contributed by atoms with Crippen LogP contribution in [-0.2, 0) is 9.59 Å². The number of aliphatic carboxylic acids is 2. The number of hydrogen-bond acceptors (Lipinski definition) is 12. The summed E-state index contributed by atoms with van der Waals surface area (Å²) in [4.78, 5) is 54.9. The molecule has 0 radical (unpaired) electrons. The lowest BCUT2D eigenvalue weighted by atomic mass is 10.1. The van der Waals surface area contributed by atoms with Gasteiger partial charge in [0.25, 0.3) is 0 Å². The van der Waals surface area contributed by atoms with Gasteiger partial charge in [-0.3, -0.25) is 9.59 Å². The van der Waals surface area contributed by atoms with E-state index in [1.165, 1.54) is 67.4 Å². The molecule has 2 N–H and O–H groups in total. The second-order valence-corrected chi connectivity index (χ2v) is 21.3. The third-order valence-corrected chi connectivity index (χ3v) is 18.0. The molecule has 2 aliphatic heterocycles. The van der Waals surface area contributed by atoms with Gasteiger partial charge in [-0.15, -0.1) is 0 Å². The number of ketones is 2. The molecular weight excluding hydrogens is 1080 g/mol. The molecule has 0 amide bonds. The van der Waals surface area contributed by atoms with E-state index in [-0.39, 0.29) is 52.5 Å². The lowest BCUT2D eigenvalue weighted by Crippen LogP contribution is -2.10. The van der Waals surface area contributed by atoms with Crippen LogP contribution in [0, 0.1) is 0 Å². The van der Waals surface area contributed by atoms with Crippen LogP contribution in [0.2, 0.25) is 20.1 Å². The Morgan fingerprint density at radius 1 is 0.534 bits per heavy atom. The number of allylic oxidation sites excluding steroid dienone is 4. The first-order chi connectivity index (χ1) is 27.7. The smallest absolute Gasteiger partial charge is 0.341 e. The van der Waals surface area contributed by atoms with Crippen LogP contribution in [-0.4, -0.2) is 46.9 Å². The van der Waals surface area contributed by atoms with Gasteiger partial charge >= 0.3 is 11.9 Å². The number of benzene rings is 4. The predicted molar refractivity (Wildman–Crippen MR) is 252 cm³/mol. The minimum atomic E-state index is -1.22. The molecule has 0 aliphatic carbocycles. The van der Waals surface area contributed by atoms with Gasteiger partial charge < -0.3 is 19.7 Å². The molecule has 58 heavy (non-hydrogen) atoms. The first-order valence-electron chi connectivity index (χ1n) is 15.9. The third kappa shape index (κ3) is 11.1. The van der Waals surface area contributed by atoms with Gasteiger partial charge in [0.2, 0.25) is 11.6 Å². The quantitative estimate of drug-likeness (QED) is 0.0666. The maximum atomic E-state index is 14.6. The summed E-state index contributed by atoms with van der Waals surface area (Å²) in [5.41, 5.74) is 1.89. The highest BCUT2D eigenvalue weighted by Crippen LogP contribution is 2.57. The standard InChI is InChI=1S/C38H20Br2Cl4O8S6/c39-19-5-1-17(2-6-19)25-13-27(55-53-25)37(35(49)21-9-11-23(33(43)31(21)41)51-15-29(45)46)57-58-38(28-14-26(54-56-28)18-3-7-20(40)8-4-18)36(50)22-10-12-24(34(44)32(22)42)52-16-30(47)48/h1-14H,15-16H2,(H,45,46)(H,47,48)/b37-27+,38-28+. The molecule has 0 fully saturated rings. The molecule has 0 saturated heterocycles. The van der Waals surface area contributed by atoms with E-state index < -0.39 is 36.7 Å². The zero-order valence-electron chi connectivity index (χ0n) is 28.6. The SMILES string of the molecule is O=C(O)COc1ccc(C(=O)/C(SS/C(C(=O)c2ccc(OCC(=O)O)c(Cl)c2Cl)=C2\C=C(c3ccc(Br)cc3)SS2)=C2/C=C(c3ccc(Br)cc3)SS2)c(Cl)c1Cl. The van der Waals surface area contributed by atoms with E-state index in [2.05, 4.69) is 31.9 Å². The van der Waals surface area contributed by atoms with Crippen LogP contribution in [0.4, 0.5) is 0 Å². The molecule has 2 heterocycles. The summed E-state index contributed by atoms with van der Waals surface area (Å²) in [6, 6.07) is 21.0. The van der Waals surface area contributed by atoms with Crippen LogP contribution in [0.1, 0.15) is 31.8 Å². The maximum Gasteiger partial charge on any atom is 0.341 e. The minimum Gasteiger partial charge on any atom is -0.480 e. The molecule has 0 bridgehead atoms. The van der Waals surface area contributed by atoms with Crippen LogP contribution in [0.5, 0.6) is 11.5 Å². The molecule has 2 aliphatic rings. The maximum absolute atomic E-state index is 14.6. The van der Waals surface area contributed by atoms with E-state index >= 15 is 0 Å². The fourth-order valence-electron chi connectivity index (χ4n) is 4.84. The first-order valence-corrected chi connectivity index (χ1v) is 25.5. The molecule has 0 saturated carbocycles. The molecule has 0 atom stereocenters. The van der Waals surface area contributed by atoms with Gasteiger partial charge in [0.15, 0.2) is 13.2 Å². The molecule has 4 aromatic rings. The molecule has 20 heteroatoms. The number of hydrogen-bond donors (Lipinski definition) is 2. The number of rotatable bonds is 15. The van der Waals surface area contributed by atoms with Crippen LogP contribution in [0.15, 0.2) is 114 Å². The highest BCUT2D eigenvalue weighted by Gasteiger charge is 2.31. The van der Waals surface area contributed by atoms with Gasteiger partial charge in [0, 0.05) is 39.7 Å². The molecular formula is C38H20Br2Cl4O8S6. The van der Waals surface area contributed by atoms with Crippen LogP contribution in [0.3, 0.4) is 0 Å². The predicted octanol–water partition coefficient (Wildman–Crippen LogP) is 14.5. The molecule has 6 rings (SSSR count).